The van der Waals surface area contributed by atoms with E-state index in [9.17, 15) is 23.1 Å². The lowest BCUT2D eigenvalue weighted by Crippen LogP contribution is -2.43. The maximum absolute atomic E-state index is 13.6. The Morgan fingerprint density at radius 1 is 1.13 bits per heavy atom. The number of carboxylic acid groups (broad SMARTS) is 1. The molecule has 2 aliphatic rings. The zero-order chi connectivity index (χ0) is 28.3. The molecule has 0 radical (unpaired) electrons. The Morgan fingerprint density at radius 3 is 2.54 bits per heavy atom. The molecule has 1 heterocycles. The number of aryl methyl sites for hydroxylation is 1. The Hall–Kier alpha value is -3.79. The number of hydrogen-bond acceptors (Lipinski definition) is 7. The van der Waals surface area contributed by atoms with E-state index in [0.29, 0.717) is 35.5 Å². The lowest BCUT2D eigenvalue weighted by atomic mass is 9.91. The number of carboxylic acids is 1. The second-order valence-corrected chi connectivity index (χ2v) is 11.8. The highest BCUT2D eigenvalue weighted by atomic mass is 32.2. The maximum atomic E-state index is 13.6. The van der Waals surface area contributed by atoms with Crippen LogP contribution in [0.15, 0.2) is 60.2 Å². The van der Waals surface area contributed by atoms with E-state index in [-0.39, 0.29) is 29.9 Å². The van der Waals surface area contributed by atoms with Crippen LogP contribution in [0.4, 0.5) is 0 Å². The molecule has 10 heteroatoms. The summed E-state index contributed by atoms with van der Waals surface area (Å²) >= 11 is 0. The van der Waals surface area contributed by atoms with Gasteiger partial charge in [-0.2, -0.15) is 0 Å². The molecule has 2 aromatic carbocycles. The minimum Gasteiger partial charge on any atom is -0.478 e. The smallest absolute Gasteiger partial charge is 0.335 e. The standard InChI is InChI=1S/C29H33NO8S/c1-5-6-20-14-22(29(32)33)8-10-23(20)38-27(21-7-11-24-25(15-21)37-16-36-24)28(31)30-39(34,35)26-12-9-19(17(2)3)13-18(26)4/h7-15,17-18,26-27H,5-6,16H2,1-4H3,(H,30,31)(H,32,33). The zero-order valence-corrected chi connectivity index (χ0v) is 23.2. The van der Waals surface area contributed by atoms with Crippen molar-refractivity contribution in [2.24, 2.45) is 11.8 Å². The molecule has 2 N–H and O–H groups in total. The van der Waals surface area contributed by atoms with Gasteiger partial charge in [-0.25, -0.2) is 17.9 Å². The lowest BCUT2D eigenvalue weighted by Gasteiger charge is -2.26. The van der Waals surface area contributed by atoms with Gasteiger partial charge in [0, 0.05) is 5.56 Å². The number of aromatic carboxylic acids is 1. The van der Waals surface area contributed by atoms with Crippen LogP contribution in [0, 0.1) is 11.8 Å². The molecule has 1 aliphatic heterocycles. The molecular weight excluding hydrogens is 522 g/mol. The number of sulfonamides is 1. The second-order valence-electron chi connectivity index (χ2n) is 10.0. The van der Waals surface area contributed by atoms with E-state index in [1.54, 1.807) is 37.3 Å². The van der Waals surface area contributed by atoms with Crippen LogP contribution in [-0.2, 0) is 21.2 Å². The van der Waals surface area contributed by atoms with Crippen molar-refractivity contribution in [2.75, 3.05) is 6.79 Å². The highest BCUT2D eigenvalue weighted by Crippen LogP contribution is 2.36. The van der Waals surface area contributed by atoms with Crippen LogP contribution >= 0.6 is 0 Å². The number of rotatable bonds is 10. The zero-order valence-electron chi connectivity index (χ0n) is 22.3. The Kier molecular flexibility index (Phi) is 8.34. The third kappa shape index (κ3) is 6.27. The molecule has 0 saturated heterocycles. The Labute approximate surface area is 228 Å². The van der Waals surface area contributed by atoms with E-state index >= 15 is 0 Å². The van der Waals surface area contributed by atoms with Gasteiger partial charge in [0.2, 0.25) is 22.9 Å². The summed E-state index contributed by atoms with van der Waals surface area (Å²) in [6, 6.07) is 9.18. The molecule has 208 valence electrons. The van der Waals surface area contributed by atoms with Gasteiger partial charge in [-0.3, -0.25) is 4.79 Å². The van der Waals surface area contributed by atoms with Crippen molar-refractivity contribution in [1.82, 2.24) is 4.72 Å². The Bertz CT molecular complexity index is 1430. The summed E-state index contributed by atoms with van der Waals surface area (Å²) in [6.07, 6.45) is 5.13. The summed E-state index contributed by atoms with van der Waals surface area (Å²) < 4.78 is 45.9. The fourth-order valence-electron chi connectivity index (χ4n) is 4.64. The van der Waals surface area contributed by atoms with Gasteiger partial charge in [0.05, 0.1) is 5.56 Å². The Morgan fingerprint density at radius 2 is 1.87 bits per heavy atom. The quantitative estimate of drug-likeness (QED) is 0.428. The van der Waals surface area contributed by atoms with Gasteiger partial charge in [-0.1, -0.05) is 58.4 Å². The predicted octanol–water partition coefficient (Wildman–Crippen LogP) is 4.79. The average Bonchev–Trinajstić information content (AvgIpc) is 3.35. The number of carbonyl (C=O) groups excluding carboxylic acids is 1. The highest BCUT2D eigenvalue weighted by molar-refractivity contribution is 7.90. The summed E-state index contributed by atoms with van der Waals surface area (Å²) in [5.74, 6) is -0.874. The van der Waals surface area contributed by atoms with Crippen LogP contribution in [0.2, 0.25) is 0 Å². The Balaban J connectivity index is 1.67. The topological polar surface area (TPSA) is 128 Å². The molecule has 1 amide bonds. The molecule has 0 aromatic heterocycles. The monoisotopic (exact) mass is 555 g/mol. The fourth-order valence-corrected chi connectivity index (χ4v) is 6.09. The molecule has 0 spiro atoms. The summed E-state index contributed by atoms with van der Waals surface area (Å²) in [6.45, 7) is 7.82. The minimum atomic E-state index is -4.12. The largest absolute Gasteiger partial charge is 0.478 e. The third-order valence-corrected chi connectivity index (χ3v) is 8.52. The first-order valence-corrected chi connectivity index (χ1v) is 14.4. The van der Waals surface area contributed by atoms with E-state index < -0.39 is 33.3 Å². The summed E-state index contributed by atoms with van der Waals surface area (Å²) in [7, 11) is -4.12. The van der Waals surface area contributed by atoms with Crippen molar-refractivity contribution in [3.63, 3.8) is 0 Å². The number of hydrogen-bond donors (Lipinski definition) is 2. The highest BCUT2D eigenvalue weighted by Gasteiger charge is 2.35. The van der Waals surface area contributed by atoms with Gasteiger partial charge in [0.15, 0.2) is 11.5 Å². The fraction of sp³-hybridized carbons (Fsp3) is 0.379. The van der Waals surface area contributed by atoms with Crippen molar-refractivity contribution < 1.29 is 37.3 Å². The van der Waals surface area contributed by atoms with Gasteiger partial charge in [0.25, 0.3) is 5.91 Å². The van der Waals surface area contributed by atoms with E-state index in [2.05, 4.69) is 4.72 Å². The first-order chi connectivity index (χ1) is 18.5. The average molecular weight is 556 g/mol. The molecule has 2 aromatic rings. The van der Waals surface area contributed by atoms with Crippen LogP contribution in [0.3, 0.4) is 0 Å². The predicted molar refractivity (Wildman–Crippen MR) is 145 cm³/mol. The minimum absolute atomic E-state index is 0.0277. The molecule has 3 unspecified atom stereocenters. The molecule has 9 nitrogen and oxygen atoms in total. The third-order valence-electron chi connectivity index (χ3n) is 6.73. The number of ether oxygens (including phenoxy) is 3. The van der Waals surface area contributed by atoms with E-state index in [4.69, 9.17) is 14.2 Å². The number of nitrogens with one attached hydrogen (secondary N) is 1. The van der Waals surface area contributed by atoms with Crippen molar-refractivity contribution in [3.05, 3.63) is 76.9 Å². The van der Waals surface area contributed by atoms with Crippen LogP contribution in [0.5, 0.6) is 17.2 Å². The van der Waals surface area contributed by atoms with Crippen molar-refractivity contribution in [3.8, 4) is 17.2 Å². The molecule has 1 aliphatic carbocycles. The maximum Gasteiger partial charge on any atom is 0.335 e. The number of allylic oxidation sites excluding steroid dienone is 3. The van der Waals surface area contributed by atoms with Crippen molar-refractivity contribution in [2.45, 2.75) is 51.9 Å². The first-order valence-electron chi connectivity index (χ1n) is 12.9. The SMILES string of the molecule is CCCc1cc(C(=O)O)ccc1OC(C(=O)NS(=O)(=O)C1C=CC(C(C)C)=CC1C)c1ccc2c(c1)OCO2. The number of carbonyl (C=O) groups is 2. The van der Waals surface area contributed by atoms with Gasteiger partial charge in [-0.05, 0) is 59.7 Å². The molecule has 3 atom stereocenters. The molecule has 39 heavy (non-hydrogen) atoms. The van der Waals surface area contributed by atoms with Gasteiger partial charge < -0.3 is 19.3 Å². The first kappa shape index (κ1) is 28.2. The summed E-state index contributed by atoms with van der Waals surface area (Å²) in [4.78, 5) is 25.1. The van der Waals surface area contributed by atoms with Crippen LogP contribution in [0.1, 0.15) is 61.7 Å². The molecular formula is C29H33NO8S. The van der Waals surface area contributed by atoms with Gasteiger partial charge in [-0.15, -0.1) is 0 Å². The summed E-state index contributed by atoms with van der Waals surface area (Å²) in [5.41, 5.74) is 2.07. The van der Waals surface area contributed by atoms with Crippen molar-refractivity contribution >= 4 is 21.9 Å². The number of amides is 1. The molecule has 0 bridgehead atoms. The van der Waals surface area contributed by atoms with E-state index in [0.717, 1.165) is 5.57 Å². The van der Waals surface area contributed by atoms with Crippen LogP contribution in [0.25, 0.3) is 0 Å². The van der Waals surface area contributed by atoms with Crippen molar-refractivity contribution in [1.29, 1.82) is 0 Å². The lowest BCUT2D eigenvalue weighted by molar-refractivity contribution is -0.126. The molecule has 0 saturated carbocycles. The van der Waals surface area contributed by atoms with E-state index in [1.807, 2.05) is 26.8 Å². The number of benzene rings is 2. The molecule has 0 fully saturated rings. The van der Waals surface area contributed by atoms with Gasteiger partial charge in [0.1, 0.15) is 11.0 Å². The second kappa shape index (κ2) is 11.5. The van der Waals surface area contributed by atoms with Gasteiger partial charge >= 0.3 is 5.97 Å². The van der Waals surface area contributed by atoms with E-state index in [1.165, 1.54) is 18.2 Å². The van der Waals surface area contributed by atoms with Crippen LogP contribution < -0.4 is 18.9 Å². The normalized spacial score (nSPS) is 18.9. The summed E-state index contributed by atoms with van der Waals surface area (Å²) in [5, 5.41) is 8.48. The number of fused-ring (bicyclic) bond motifs is 1. The van der Waals surface area contributed by atoms with Crippen LogP contribution in [-0.4, -0.2) is 37.4 Å². The molecule has 4 rings (SSSR count).